The minimum absolute atomic E-state index is 0.352. The molecule has 3 heteroatoms. The first-order valence-electron chi connectivity index (χ1n) is 6.34. The molecule has 17 heavy (non-hydrogen) atoms. The number of unbranched alkanes of at least 4 members (excludes halogenated alkanes) is 1. The second kappa shape index (κ2) is 7.38. The highest BCUT2D eigenvalue weighted by molar-refractivity contribution is 5.18. The van der Waals surface area contributed by atoms with Crippen LogP contribution >= 0.6 is 0 Å². The molecule has 96 valence electrons. The van der Waals surface area contributed by atoms with Gasteiger partial charge in [-0.15, -0.1) is 0 Å². The number of hydrogen-bond acceptors (Lipinski definition) is 1. The van der Waals surface area contributed by atoms with Crippen LogP contribution in [-0.4, -0.2) is 12.6 Å². The van der Waals surface area contributed by atoms with Crippen molar-refractivity contribution in [3.63, 3.8) is 0 Å². The highest BCUT2D eigenvalue weighted by atomic mass is 19.2. The first kappa shape index (κ1) is 14.1. The summed E-state index contributed by atoms with van der Waals surface area (Å²) in [6.45, 7) is 5.11. The van der Waals surface area contributed by atoms with Gasteiger partial charge in [0.25, 0.3) is 0 Å². The molecular formula is C14H21F2N. The van der Waals surface area contributed by atoms with Crippen molar-refractivity contribution < 1.29 is 8.78 Å². The second-order valence-corrected chi connectivity index (χ2v) is 4.35. The lowest BCUT2D eigenvalue weighted by Gasteiger charge is -2.17. The number of nitrogens with one attached hydrogen (secondary N) is 1. The molecule has 1 nitrogen and oxygen atoms in total. The third kappa shape index (κ3) is 4.82. The summed E-state index contributed by atoms with van der Waals surface area (Å²) in [5.74, 6) is -1.53. The molecule has 0 heterocycles. The van der Waals surface area contributed by atoms with Crippen molar-refractivity contribution in [3.05, 3.63) is 35.4 Å². The van der Waals surface area contributed by atoms with Gasteiger partial charge >= 0.3 is 0 Å². The van der Waals surface area contributed by atoms with Crippen LogP contribution in [0.3, 0.4) is 0 Å². The van der Waals surface area contributed by atoms with Crippen molar-refractivity contribution in [1.29, 1.82) is 0 Å². The lowest BCUT2D eigenvalue weighted by atomic mass is 10.0. The van der Waals surface area contributed by atoms with E-state index in [0.29, 0.717) is 6.04 Å². The Labute approximate surface area is 102 Å². The standard InChI is InChI=1S/C14H21F2N/c1-3-5-6-12(17-4-2)9-11-7-8-13(15)14(16)10-11/h7-8,10,12,17H,3-6,9H2,1-2H3. The van der Waals surface area contributed by atoms with Crippen LogP contribution in [0.15, 0.2) is 18.2 Å². The largest absolute Gasteiger partial charge is 0.314 e. The lowest BCUT2D eigenvalue weighted by molar-refractivity contribution is 0.469. The average Bonchev–Trinajstić information content (AvgIpc) is 2.31. The van der Waals surface area contributed by atoms with Crippen LogP contribution in [0, 0.1) is 11.6 Å². The number of likely N-dealkylation sites (N-methyl/N-ethyl adjacent to an activating group) is 1. The van der Waals surface area contributed by atoms with Crippen LogP contribution in [-0.2, 0) is 6.42 Å². The van der Waals surface area contributed by atoms with Crippen LogP contribution in [0.5, 0.6) is 0 Å². The van der Waals surface area contributed by atoms with Crippen molar-refractivity contribution in [2.24, 2.45) is 0 Å². The molecule has 0 aliphatic carbocycles. The van der Waals surface area contributed by atoms with Crippen LogP contribution < -0.4 is 5.32 Å². The monoisotopic (exact) mass is 241 g/mol. The van der Waals surface area contributed by atoms with Crippen LogP contribution in [0.2, 0.25) is 0 Å². The number of hydrogen-bond donors (Lipinski definition) is 1. The normalized spacial score (nSPS) is 12.7. The van der Waals surface area contributed by atoms with Crippen molar-refractivity contribution in [3.8, 4) is 0 Å². The maximum absolute atomic E-state index is 13.1. The van der Waals surface area contributed by atoms with E-state index in [9.17, 15) is 8.78 Å². The van der Waals surface area contributed by atoms with Gasteiger partial charge in [-0.1, -0.05) is 32.8 Å². The summed E-state index contributed by atoms with van der Waals surface area (Å²) in [7, 11) is 0. The molecule has 0 aromatic heterocycles. The Kier molecular flexibility index (Phi) is 6.12. The molecule has 0 spiro atoms. The third-order valence-electron chi connectivity index (χ3n) is 2.87. The van der Waals surface area contributed by atoms with Crippen LogP contribution in [0.25, 0.3) is 0 Å². The van der Waals surface area contributed by atoms with E-state index >= 15 is 0 Å². The van der Waals surface area contributed by atoms with Crippen LogP contribution in [0.1, 0.15) is 38.7 Å². The zero-order chi connectivity index (χ0) is 12.7. The lowest BCUT2D eigenvalue weighted by Crippen LogP contribution is -2.30. The molecule has 1 unspecified atom stereocenters. The fourth-order valence-electron chi connectivity index (χ4n) is 1.97. The van der Waals surface area contributed by atoms with E-state index in [2.05, 4.69) is 19.2 Å². The van der Waals surface area contributed by atoms with Gasteiger partial charge < -0.3 is 5.32 Å². The Hall–Kier alpha value is -0.960. The topological polar surface area (TPSA) is 12.0 Å². The van der Waals surface area contributed by atoms with Crippen molar-refractivity contribution in [2.75, 3.05) is 6.54 Å². The Morgan fingerprint density at radius 1 is 1.18 bits per heavy atom. The fourth-order valence-corrected chi connectivity index (χ4v) is 1.97. The molecule has 0 amide bonds. The molecule has 1 rings (SSSR count). The smallest absolute Gasteiger partial charge is 0.159 e. The Morgan fingerprint density at radius 2 is 1.94 bits per heavy atom. The fraction of sp³-hybridized carbons (Fsp3) is 0.571. The van der Waals surface area contributed by atoms with E-state index in [-0.39, 0.29) is 0 Å². The molecule has 1 aromatic rings. The first-order chi connectivity index (χ1) is 8.17. The molecular weight excluding hydrogens is 220 g/mol. The van der Waals surface area contributed by atoms with Gasteiger partial charge in [-0.05, 0) is 37.1 Å². The predicted octanol–water partition coefficient (Wildman–Crippen LogP) is 3.68. The minimum atomic E-state index is -0.776. The molecule has 0 saturated heterocycles. The minimum Gasteiger partial charge on any atom is -0.314 e. The molecule has 0 aliphatic rings. The second-order valence-electron chi connectivity index (χ2n) is 4.35. The first-order valence-corrected chi connectivity index (χ1v) is 6.34. The summed E-state index contributed by atoms with van der Waals surface area (Å²) in [4.78, 5) is 0. The summed E-state index contributed by atoms with van der Waals surface area (Å²) >= 11 is 0. The molecule has 0 radical (unpaired) electrons. The summed E-state index contributed by atoms with van der Waals surface area (Å²) < 4.78 is 25.9. The van der Waals surface area contributed by atoms with E-state index in [1.807, 2.05) is 0 Å². The van der Waals surface area contributed by atoms with Gasteiger partial charge in [0, 0.05) is 6.04 Å². The van der Waals surface area contributed by atoms with Gasteiger partial charge in [0.05, 0.1) is 0 Å². The number of benzene rings is 1. The molecule has 1 aromatic carbocycles. The van der Waals surface area contributed by atoms with Gasteiger partial charge in [0.2, 0.25) is 0 Å². The Bertz CT molecular complexity index is 339. The Balaban J connectivity index is 2.61. The maximum atomic E-state index is 13.1. The van der Waals surface area contributed by atoms with Crippen LogP contribution in [0.4, 0.5) is 8.78 Å². The van der Waals surface area contributed by atoms with Gasteiger partial charge in [0.15, 0.2) is 11.6 Å². The zero-order valence-electron chi connectivity index (χ0n) is 10.6. The van der Waals surface area contributed by atoms with Gasteiger partial charge in [0.1, 0.15) is 0 Å². The molecule has 1 atom stereocenters. The quantitative estimate of drug-likeness (QED) is 0.768. The van der Waals surface area contributed by atoms with Gasteiger partial charge in [-0.3, -0.25) is 0 Å². The van der Waals surface area contributed by atoms with E-state index in [4.69, 9.17) is 0 Å². The number of rotatable bonds is 7. The van der Waals surface area contributed by atoms with E-state index in [1.165, 1.54) is 12.1 Å². The summed E-state index contributed by atoms with van der Waals surface area (Å²) in [5.41, 5.74) is 0.853. The van der Waals surface area contributed by atoms with Crippen molar-refractivity contribution in [1.82, 2.24) is 5.32 Å². The molecule has 0 aliphatic heterocycles. The summed E-state index contributed by atoms with van der Waals surface area (Å²) in [6, 6.07) is 4.51. The summed E-state index contributed by atoms with van der Waals surface area (Å²) in [5, 5.41) is 3.38. The van der Waals surface area contributed by atoms with E-state index in [0.717, 1.165) is 37.8 Å². The molecule has 0 fully saturated rings. The third-order valence-corrected chi connectivity index (χ3v) is 2.87. The average molecular weight is 241 g/mol. The van der Waals surface area contributed by atoms with Crippen molar-refractivity contribution in [2.45, 2.75) is 45.6 Å². The van der Waals surface area contributed by atoms with Gasteiger partial charge in [-0.2, -0.15) is 0 Å². The summed E-state index contributed by atoms with van der Waals surface area (Å²) in [6.07, 6.45) is 4.13. The molecule has 0 saturated carbocycles. The zero-order valence-corrected chi connectivity index (χ0v) is 10.6. The highest BCUT2D eigenvalue weighted by Gasteiger charge is 2.09. The van der Waals surface area contributed by atoms with E-state index in [1.54, 1.807) is 6.07 Å². The predicted molar refractivity (Wildman–Crippen MR) is 67.1 cm³/mol. The van der Waals surface area contributed by atoms with Gasteiger partial charge in [-0.25, -0.2) is 8.78 Å². The van der Waals surface area contributed by atoms with Crippen molar-refractivity contribution >= 4 is 0 Å². The molecule has 1 N–H and O–H groups in total. The molecule has 0 bridgehead atoms. The SMILES string of the molecule is CCCCC(Cc1ccc(F)c(F)c1)NCC. The maximum Gasteiger partial charge on any atom is 0.159 e. The number of halogens is 2. The highest BCUT2D eigenvalue weighted by Crippen LogP contribution is 2.13. The Morgan fingerprint density at radius 3 is 2.53 bits per heavy atom. The van der Waals surface area contributed by atoms with E-state index < -0.39 is 11.6 Å².